The molecule has 0 aliphatic carbocycles. The first-order chi connectivity index (χ1) is 6.84. The van der Waals surface area contributed by atoms with Crippen LogP contribution in [0.1, 0.15) is 20.8 Å². The first-order valence-electron chi connectivity index (χ1n) is 4.70. The first kappa shape index (κ1) is 11.6. The van der Waals surface area contributed by atoms with Crippen molar-refractivity contribution in [2.24, 2.45) is 0 Å². The van der Waals surface area contributed by atoms with Gasteiger partial charge in [-0.3, -0.25) is 24.6 Å². The molecule has 0 unspecified atom stereocenters. The third kappa shape index (κ3) is 2.53. The van der Waals surface area contributed by atoms with Crippen molar-refractivity contribution in [3.63, 3.8) is 0 Å². The predicted octanol–water partition coefficient (Wildman–Crippen LogP) is -1.18. The molecule has 0 saturated carbocycles. The van der Waals surface area contributed by atoms with E-state index in [4.69, 9.17) is 0 Å². The zero-order chi connectivity index (χ0) is 11.6. The molecule has 3 amide bonds. The highest BCUT2D eigenvalue weighted by atomic mass is 16.2. The van der Waals surface area contributed by atoms with E-state index in [1.165, 1.54) is 6.92 Å². The van der Waals surface area contributed by atoms with Gasteiger partial charge in [-0.05, 0) is 13.8 Å². The van der Waals surface area contributed by atoms with E-state index in [9.17, 15) is 14.4 Å². The second-order valence-electron chi connectivity index (χ2n) is 3.95. The van der Waals surface area contributed by atoms with Crippen LogP contribution in [0.2, 0.25) is 0 Å². The third-order valence-corrected chi connectivity index (χ3v) is 2.22. The van der Waals surface area contributed by atoms with Crippen molar-refractivity contribution < 1.29 is 14.4 Å². The number of hydrogen-bond donors (Lipinski definition) is 2. The molecule has 1 aliphatic rings. The molecule has 1 fully saturated rings. The van der Waals surface area contributed by atoms with Crippen LogP contribution in [0.3, 0.4) is 0 Å². The molecule has 0 bridgehead atoms. The van der Waals surface area contributed by atoms with Gasteiger partial charge in [-0.15, -0.1) is 0 Å². The van der Waals surface area contributed by atoms with Crippen molar-refractivity contribution in [1.82, 2.24) is 15.5 Å². The van der Waals surface area contributed by atoms with Gasteiger partial charge in [-0.2, -0.15) is 0 Å². The average Bonchev–Trinajstić information content (AvgIpc) is 2.37. The van der Waals surface area contributed by atoms with E-state index in [2.05, 4.69) is 10.6 Å². The van der Waals surface area contributed by atoms with Crippen molar-refractivity contribution in [2.45, 2.75) is 26.4 Å². The fourth-order valence-corrected chi connectivity index (χ4v) is 1.49. The molecular formula is C9H15N3O3. The van der Waals surface area contributed by atoms with Crippen molar-refractivity contribution in [3.8, 4) is 0 Å². The number of nitrogens with zero attached hydrogens (tertiary/aromatic N) is 1. The fraction of sp³-hybridized carbons (Fsp3) is 0.667. The Morgan fingerprint density at radius 2 is 2.13 bits per heavy atom. The number of hydrogen-bond acceptors (Lipinski definition) is 4. The number of nitrogens with one attached hydrogen (secondary N) is 2. The molecule has 6 nitrogen and oxygen atoms in total. The van der Waals surface area contributed by atoms with Crippen LogP contribution < -0.4 is 10.6 Å². The molecule has 15 heavy (non-hydrogen) atoms. The van der Waals surface area contributed by atoms with E-state index < -0.39 is 11.6 Å². The molecule has 1 heterocycles. The molecule has 1 saturated heterocycles. The molecule has 0 aromatic heterocycles. The van der Waals surface area contributed by atoms with Gasteiger partial charge in [0.2, 0.25) is 17.7 Å². The van der Waals surface area contributed by atoms with E-state index >= 15 is 0 Å². The highest BCUT2D eigenvalue weighted by Crippen LogP contribution is 2.16. The summed E-state index contributed by atoms with van der Waals surface area (Å²) >= 11 is 0. The van der Waals surface area contributed by atoms with Gasteiger partial charge in [0.15, 0.2) is 0 Å². The third-order valence-electron chi connectivity index (χ3n) is 2.22. The zero-order valence-corrected chi connectivity index (χ0v) is 9.09. The van der Waals surface area contributed by atoms with Crippen LogP contribution in [0.4, 0.5) is 0 Å². The molecule has 1 aliphatic heterocycles. The van der Waals surface area contributed by atoms with Gasteiger partial charge < -0.3 is 5.32 Å². The molecular weight excluding hydrogens is 198 g/mol. The molecule has 1 rings (SSSR count). The molecule has 0 radical (unpaired) electrons. The Kier molecular flexibility index (Phi) is 3.09. The molecule has 2 N–H and O–H groups in total. The average molecular weight is 213 g/mol. The Morgan fingerprint density at radius 3 is 2.53 bits per heavy atom. The molecule has 0 aromatic rings. The summed E-state index contributed by atoms with van der Waals surface area (Å²) in [7, 11) is 0. The SMILES string of the molecule is CC(=O)NCC(=O)N1C(=O)CNC1(C)C. The van der Waals surface area contributed by atoms with Crippen LogP contribution in [0.5, 0.6) is 0 Å². The smallest absolute Gasteiger partial charge is 0.250 e. The van der Waals surface area contributed by atoms with E-state index in [1.807, 2.05) is 0 Å². The monoisotopic (exact) mass is 213 g/mol. The summed E-state index contributed by atoms with van der Waals surface area (Å²) in [6, 6.07) is 0. The van der Waals surface area contributed by atoms with Crippen molar-refractivity contribution in [1.29, 1.82) is 0 Å². The van der Waals surface area contributed by atoms with Crippen LogP contribution in [0.15, 0.2) is 0 Å². The maximum absolute atomic E-state index is 11.6. The summed E-state index contributed by atoms with van der Waals surface area (Å²) in [6.45, 7) is 4.81. The standard InChI is InChI=1S/C9H15N3O3/c1-6(13)10-4-7(14)12-8(15)5-11-9(12,2)3/h11H,4-5H2,1-3H3,(H,10,13). The van der Waals surface area contributed by atoms with Gasteiger partial charge >= 0.3 is 0 Å². The van der Waals surface area contributed by atoms with Gasteiger partial charge in [-0.25, -0.2) is 0 Å². The van der Waals surface area contributed by atoms with Gasteiger partial charge in [-0.1, -0.05) is 0 Å². The second kappa shape index (κ2) is 3.98. The lowest BCUT2D eigenvalue weighted by molar-refractivity contribution is -0.146. The normalized spacial score (nSPS) is 19.1. The van der Waals surface area contributed by atoms with Crippen LogP contribution in [-0.4, -0.2) is 41.4 Å². The molecule has 0 spiro atoms. The highest BCUT2D eigenvalue weighted by Gasteiger charge is 2.41. The van der Waals surface area contributed by atoms with Crippen molar-refractivity contribution in [3.05, 3.63) is 0 Å². The summed E-state index contributed by atoms with van der Waals surface area (Å²) in [5.41, 5.74) is -0.674. The summed E-state index contributed by atoms with van der Waals surface area (Å²) in [4.78, 5) is 34.8. The van der Waals surface area contributed by atoms with E-state index in [0.717, 1.165) is 4.90 Å². The van der Waals surface area contributed by atoms with Gasteiger partial charge in [0, 0.05) is 6.92 Å². The maximum Gasteiger partial charge on any atom is 0.250 e. The zero-order valence-electron chi connectivity index (χ0n) is 9.09. The minimum Gasteiger partial charge on any atom is -0.347 e. The minimum absolute atomic E-state index is 0.147. The summed E-state index contributed by atoms with van der Waals surface area (Å²) in [5.74, 6) is -0.957. The number of rotatable bonds is 2. The van der Waals surface area contributed by atoms with Gasteiger partial charge in [0.1, 0.15) is 0 Å². The Labute approximate surface area is 88.0 Å². The molecule has 0 atom stereocenters. The lowest BCUT2D eigenvalue weighted by Crippen LogP contribution is -2.52. The fourth-order valence-electron chi connectivity index (χ4n) is 1.49. The van der Waals surface area contributed by atoms with Crippen molar-refractivity contribution in [2.75, 3.05) is 13.1 Å². The summed E-state index contributed by atoms with van der Waals surface area (Å²) in [6.07, 6.45) is 0. The Bertz CT molecular complexity index is 312. The predicted molar refractivity (Wildman–Crippen MR) is 52.6 cm³/mol. The Hall–Kier alpha value is -1.43. The first-order valence-corrected chi connectivity index (χ1v) is 4.70. The molecule has 6 heteroatoms. The van der Waals surface area contributed by atoms with Gasteiger partial charge in [0.25, 0.3) is 0 Å². The van der Waals surface area contributed by atoms with Crippen molar-refractivity contribution >= 4 is 17.7 Å². The number of carbonyl (C=O) groups is 3. The largest absolute Gasteiger partial charge is 0.347 e. The maximum atomic E-state index is 11.6. The van der Waals surface area contributed by atoms with Gasteiger partial charge in [0.05, 0.1) is 18.8 Å². The highest BCUT2D eigenvalue weighted by molar-refractivity contribution is 6.00. The lowest BCUT2D eigenvalue weighted by Gasteiger charge is -2.29. The Morgan fingerprint density at radius 1 is 1.53 bits per heavy atom. The van der Waals surface area contributed by atoms with Crippen LogP contribution in [-0.2, 0) is 14.4 Å². The Balaban J connectivity index is 2.65. The number of carbonyl (C=O) groups excluding carboxylic acids is 3. The van der Waals surface area contributed by atoms with Crippen LogP contribution >= 0.6 is 0 Å². The summed E-state index contributed by atoms with van der Waals surface area (Å²) in [5, 5.41) is 5.28. The summed E-state index contributed by atoms with van der Waals surface area (Å²) < 4.78 is 0. The quantitative estimate of drug-likeness (QED) is 0.605. The molecule has 0 aromatic carbocycles. The minimum atomic E-state index is -0.674. The van der Waals surface area contributed by atoms with Crippen LogP contribution in [0.25, 0.3) is 0 Å². The second-order valence-corrected chi connectivity index (χ2v) is 3.95. The molecule has 84 valence electrons. The number of imide groups is 1. The van der Waals surface area contributed by atoms with E-state index in [0.29, 0.717) is 0 Å². The van der Waals surface area contributed by atoms with E-state index in [-0.39, 0.29) is 24.9 Å². The lowest BCUT2D eigenvalue weighted by atomic mass is 10.2. The topological polar surface area (TPSA) is 78.5 Å². The number of amides is 3. The van der Waals surface area contributed by atoms with E-state index in [1.54, 1.807) is 13.8 Å². The van der Waals surface area contributed by atoms with Crippen LogP contribution in [0, 0.1) is 0 Å².